The van der Waals surface area contributed by atoms with Gasteiger partial charge in [-0.2, -0.15) is 8.78 Å². The number of carbonyl (C=O) groups is 2. The first-order valence-electron chi connectivity index (χ1n) is 4.14. The minimum absolute atomic E-state index is 0.00224. The molecule has 0 aromatic rings. The van der Waals surface area contributed by atoms with Crippen LogP contribution < -0.4 is 0 Å². The summed E-state index contributed by atoms with van der Waals surface area (Å²) >= 11 is 0. The van der Waals surface area contributed by atoms with Crippen LogP contribution in [0.5, 0.6) is 0 Å². The van der Waals surface area contributed by atoms with Gasteiger partial charge < -0.3 is 9.47 Å². The Hall–Kier alpha value is -1.20. The molecule has 0 bridgehead atoms. The van der Waals surface area contributed by atoms with Crippen molar-refractivity contribution in [2.75, 3.05) is 13.2 Å². The second-order valence-electron chi connectivity index (χ2n) is 2.41. The molecule has 0 aliphatic carbocycles. The summed E-state index contributed by atoms with van der Waals surface area (Å²) in [6.45, 7) is 2.73. The lowest BCUT2D eigenvalue weighted by Crippen LogP contribution is -2.34. The highest BCUT2D eigenvalue weighted by molar-refractivity contribution is 5.84. The molecule has 0 saturated carbocycles. The van der Waals surface area contributed by atoms with Crippen molar-refractivity contribution in [3.05, 3.63) is 0 Å². The van der Waals surface area contributed by atoms with E-state index in [9.17, 15) is 18.4 Å². The average molecular weight is 210 g/mol. The van der Waals surface area contributed by atoms with Gasteiger partial charge in [0.25, 0.3) is 0 Å². The molecule has 0 aromatic heterocycles. The molecular formula is C8H12F2O4. The number of ether oxygens (including phenoxy) is 2. The zero-order valence-corrected chi connectivity index (χ0v) is 8.01. The van der Waals surface area contributed by atoms with Crippen molar-refractivity contribution < 1.29 is 27.8 Å². The van der Waals surface area contributed by atoms with Gasteiger partial charge in [0.15, 0.2) is 0 Å². The fourth-order valence-electron chi connectivity index (χ4n) is 0.702. The van der Waals surface area contributed by atoms with Crippen LogP contribution in [0.4, 0.5) is 8.78 Å². The molecule has 0 saturated heterocycles. The number of hydrogen-bond acceptors (Lipinski definition) is 4. The summed E-state index contributed by atoms with van der Waals surface area (Å²) in [6.07, 6.45) is -1.28. The molecule has 14 heavy (non-hydrogen) atoms. The summed E-state index contributed by atoms with van der Waals surface area (Å²) in [4.78, 5) is 21.3. The third-order valence-corrected chi connectivity index (χ3v) is 1.25. The number of halogens is 2. The minimum atomic E-state index is -3.80. The molecule has 0 rings (SSSR count). The number of carbonyl (C=O) groups excluding carboxylic acids is 2. The van der Waals surface area contributed by atoms with E-state index < -0.39 is 24.3 Å². The van der Waals surface area contributed by atoms with Crippen LogP contribution in [0.3, 0.4) is 0 Å². The summed E-state index contributed by atoms with van der Waals surface area (Å²) in [5, 5.41) is 0. The Morgan fingerprint density at radius 3 is 2.07 bits per heavy atom. The highest BCUT2D eigenvalue weighted by atomic mass is 19.3. The van der Waals surface area contributed by atoms with Crippen molar-refractivity contribution in [1.29, 1.82) is 0 Å². The topological polar surface area (TPSA) is 52.6 Å². The monoisotopic (exact) mass is 210 g/mol. The molecule has 0 heterocycles. The number of rotatable bonds is 5. The van der Waals surface area contributed by atoms with E-state index in [2.05, 4.69) is 9.47 Å². The lowest BCUT2D eigenvalue weighted by Gasteiger charge is -2.13. The van der Waals surface area contributed by atoms with Gasteiger partial charge in [-0.1, -0.05) is 0 Å². The Labute approximate surface area is 80.2 Å². The van der Waals surface area contributed by atoms with Crippen molar-refractivity contribution >= 4 is 11.9 Å². The maximum atomic E-state index is 12.8. The molecule has 82 valence electrons. The molecular weight excluding hydrogens is 198 g/mol. The van der Waals surface area contributed by atoms with Gasteiger partial charge in [-0.15, -0.1) is 0 Å². The van der Waals surface area contributed by atoms with Crippen LogP contribution in [-0.2, 0) is 19.1 Å². The van der Waals surface area contributed by atoms with Crippen LogP contribution in [0.1, 0.15) is 20.3 Å². The van der Waals surface area contributed by atoms with Gasteiger partial charge in [-0.25, -0.2) is 4.79 Å². The Morgan fingerprint density at radius 2 is 1.64 bits per heavy atom. The van der Waals surface area contributed by atoms with Crippen LogP contribution >= 0.6 is 0 Å². The molecule has 0 N–H and O–H groups in total. The van der Waals surface area contributed by atoms with E-state index in [1.54, 1.807) is 0 Å². The van der Waals surface area contributed by atoms with Gasteiger partial charge >= 0.3 is 17.9 Å². The number of alkyl halides is 2. The highest BCUT2D eigenvalue weighted by Gasteiger charge is 2.43. The molecule has 4 nitrogen and oxygen atoms in total. The molecule has 6 heteroatoms. The summed E-state index contributed by atoms with van der Waals surface area (Å²) < 4.78 is 34.0. The molecule has 0 aromatic carbocycles. The zero-order valence-electron chi connectivity index (χ0n) is 8.01. The van der Waals surface area contributed by atoms with Gasteiger partial charge in [0.1, 0.15) is 6.42 Å². The summed E-state index contributed by atoms with van der Waals surface area (Å²) in [7, 11) is 0. The molecule has 0 radical (unpaired) electrons. The van der Waals surface area contributed by atoms with E-state index in [4.69, 9.17) is 0 Å². The Bertz CT molecular complexity index is 215. The third-order valence-electron chi connectivity index (χ3n) is 1.25. The third kappa shape index (κ3) is 4.15. The normalized spacial score (nSPS) is 10.9. The van der Waals surface area contributed by atoms with Crippen molar-refractivity contribution in [1.82, 2.24) is 0 Å². The zero-order chi connectivity index (χ0) is 11.2. The summed E-state index contributed by atoms with van der Waals surface area (Å²) in [6, 6.07) is 0. The van der Waals surface area contributed by atoms with Gasteiger partial charge in [-0.05, 0) is 13.8 Å². The largest absolute Gasteiger partial charge is 0.466 e. The van der Waals surface area contributed by atoms with Gasteiger partial charge in [0.05, 0.1) is 13.2 Å². The molecule has 0 atom stereocenters. The standard InChI is InChI=1S/C8H12F2O4/c1-3-13-6(11)5-8(9,10)7(12)14-4-2/h3-5H2,1-2H3. The first kappa shape index (κ1) is 12.8. The first-order chi connectivity index (χ1) is 6.44. The van der Waals surface area contributed by atoms with E-state index >= 15 is 0 Å². The second kappa shape index (κ2) is 5.51. The maximum absolute atomic E-state index is 12.8. The van der Waals surface area contributed by atoms with Crippen LogP contribution in [0.25, 0.3) is 0 Å². The SMILES string of the molecule is CCOC(=O)CC(F)(F)C(=O)OCC. The van der Waals surface area contributed by atoms with Crippen LogP contribution in [0.15, 0.2) is 0 Å². The van der Waals surface area contributed by atoms with Crippen LogP contribution in [0, 0.1) is 0 Å². The van der Waals surface area contributed by atoms with E-state index in [0.717, 1.165) is 0 Å². The summed E-state index contributed by atoms with van der Waals surface area (Å²) in [5.41, 5.74) is 0. The van der Waals surface area contributed by atoms with Crippen molar-refractivity contribution in [2.45, 2.75) is 26.2 Å². The van der Waals surface area contributed by atoms with Crippen molar-refractivity contribution in [3.63, 3.8) is 0 Å². The van der Waals surface area contributed by atoms with E-state index in [-0.39, 0.29) is 13.2 Å². The molecule has 0 amide bonds. The Balaban J connectivity index is 4.18. The second-order valence-corrected chi connectivity index (χ2v) is 2.41. The molecule has 0 aliphatic rings. The molecule has 0 unspecified atom stereocenters. The van der Waals surface area contributed by atoms with Gasteiger partial charge in [0, 0.05) is 0 Å². The summed E-state index contributed by atoms with van der Waals surface area (Å²) in [5.74, 6) is -6.62. The number of esters is 2. The minimum Gasteiger partial charge on any atom is -0.466 e. The number of hydrogen-bond donors (Lipinski definition) is 0. The maximum Gasteiger partial charge on any atom is 0.377 e. The molecule has 0 aliphatic heterocycles. The van der Waals surface area contributed by atoms with Gasteiger partial charge in [-0.3, -0.25) is 4.79 Å². The lowest BCUT2D eigenvalue weighted by molar-refractivity contribution is -0.178. The van der Waals surface area contributed by atoms with Crippen molar-refractivity contribution in [3.8, 4) is 0 Å². The molecule has 0 fully saturated rings. The van der Waals surface area contributed by atoms with Crippen LogP contribution in [-0.4, -0.2) is 31.1 Å². The van der Waals surface area contributed by atoms with Gasteiger partial charge in [0.2, 0.25) is 0 Å². The highest BCUT2D eigenvalue weighted by Crippen LogP contribution is 2.20. The molecule has 0 spiro atoms. The Morgan fingerprint density at radius 1 is 1.14 bits per heavy atom. The van der Waals surface area contributed by atoms with Crippen LogP contribution in [0.2, 0.25) is 0 Å². The predicted octanol–water partition coefficient (Wildman–Crippen LogP) is 1.14. The van der Waals surface area contributed by atoms with E-state index in [1.165, 1.54) is 13.8 Å². The average Bonchev–Trinajstić information content (AvgIpc) is 2.03. The fourth-order valence-corrected chi connectivity index (χ4v) is 0.702. The van der Waals surface area contributed by atoms with E-state index in [0.29, 0.717) is 0 Å². The predicted molar refractivity (Wildman–Crippen MR) is 42.8 cm³/mol. The lowest BCUT2D eigenvalue weighted by atomic mass is 10.2. The quantitative estimate of drug-likeness (QED) is 0.638. The van der Waals surface area contributed by atoms with E-state index in [1.807, 2.05) is 0 Å². The fraction of sp³-hybridized carbons (Fsp3) is 0.750. The van der Waals surface area contributed by atoms with Crippen molar-refractivity contribution in [2.24, 2.45) is 0 Å². The smallest absolute Gasteiger partial charge is 0.377 e. The Kier molecular flexibility index (Phi) is 5.04. The first-order valence-corrected chi connectivity index (χ1v) is 4.14.